The van der Waals surface area contributed by atoms with Crippen LogP contribution in [0.3, 0.4) is 0 Å². The first kappa shape index (κ1) is 27.0. The number of β-amino-alcohol motifs (C(OH)–C–C–N with tert-alkyl or cyclic N) is 1. The number of hydrogen-bond donors (Lipinski definition) is 2. The molecule has 0 aromatic heterocycles. The summed E-state index contributed by atoms with van der Waals surface area (Å²) in [6.07, 6.45) is 2.81. The Labute approximate surface area is 224 Å². The summed E-state index contributed by atoms with van der Waals surface area (Å²) in [5, 5.41) is 14.1. The van der Waals surface area contributed by atoms with Crippen molar-refractivity contribution >= 4 is 30.7 Å². The second kappa shape index (κ2) is 11.2. The molecule has 1 amide bonds. The molecule has 1 aliphatic carbocycles. The molecule has 2 N–H and O–H groups in total. The lowest BCUT2D eigenvalue weighted by atomic mass is 9.63. The van der Waals surface area contributed by atoms with Crippen molar-refractivity contribution in [1.82, 2.24) is 15.1 Å². The zero-order valence-corrected chi connectivity index (χ0v) is 22.0. The quantitative estimate of drug-likeness (QED) is 0.592. The van der Waals surface area contributed by atoms with Gasteiger partial charge in [0.05, 0.1) is 24.3 Å². The lowest BCUT2D eigenvalue weighted by Crippen LogP contribution is -2.62. The van der Waals surface area contributed by atoms with Crippen molar-refractivity contribution in [3.63, 3.8) is 0 Å². The van der Waals surface area contributed by atoms with E-state index in [2.05, 4.69) is 34.5 Å². The van der Waals surface area contributed by atoms with Crippen LogP contribution < -0.4 is 14.8 Å². The van der Waals surface area contributed by atoms with Crippen molar-refractivity contribution in [2.75, 3.05) is 45.9 Å². The molecule has 36 heavy (non-hydrogen) atoms. The molecule has 2 aromatic carbocycles. The van der Waals surface area contributed by atoms with Gasteiger partial charge in [0.1, 0.15) is 18.1 Å². The minimum absolute atomic E-state index is 0. The molecule has 9 heteroatoms. The first-order chi connectivity index (χ1) is 16.6. The number of carbonyl (C=O) groups excluding carboxylic acids is 1. The molecule has 4 aliphatic rings. The topological polar surface area (TPSA) is 74.3 Å². The van der Waals surface area contributed by atoms with Crippen molar-refractivity contribution < 1.29 is 19.4 Å². The van der Waals surface area contributed by atoms with Gasteiger partial charge in [-0.05, 0) is 42.5 Å². The molecule has 1 spiro atoms. The van der Waals surface area contributed by atoms with Gasteiger partial charge in [0.15, 0.2) is 0 Å². The van der Waals surface area contributed by atoms with E-state index in [0.29, 0.717) is 43.0 Å². The number of carbonyl (C=O) groups is 1. The molecule has 3 aliphatic heterocycles. The Kier molecular flexibility index (Phi) is 8.37. The van der Waals surface area contributed by atoms with Crippen molar-refractivity contribution in [2.24, 2.45) is 5.41 Å². The van der Waals surface area contributed by atoms with E-state index in [1.54, 1.807) is 11.0 Å². The number of halogens is 2. The minimum Gasteiger partial charge on any atom is -0.491 e. The van der Waals surface area contributed by atoms with Gasteiger partial charge >= 0.3 is 0 Å². The van der Waals surface area contributed by atoms with Gasteiger partial charge in [-0.2, -0.15) is 0 Å². The molecular formula is C27H35Cl2N3O4. The van der Waals surface area contributed by atoms with Crippen molar-refractivity contribution in [3.8, 4) is 11.5 Å². The van der Waals surface area contributed by atoms with Crippen molar-refractivity contribution in [1.29, 1.82) is 0 Å². The van der Waals surface area contributed by atoms with Crippen molar-refractivity contribution in [3.05, 3.63) is 59.2 Å². The van der Waals surface area contributed by atoms with Crippen LogP contribution in [-0.2, 0) is 13.0 Å². The zero-order valence-electron chi connectivity index (χ0n) is 20.4. The van der Waals surface area contributed by atoms with Gasteiger partial charge in [-0.15, -0.1) is 24.8 Å². The lowest BCUT2D eigenvalue weighted by Gasteiger charge is -2.53. The maximum atomic E-state index is 13.2. The molecule has 0 bridgehead atoms. The van der Waals surface area contributed by atoms with Crippen LogP contribution in [-0.4, -0.2) is 78.9 Å². The van der Waals surface area contributed by atoms with E-state index in [9.17, 15) is 9.90 Å². The highest BCUT2D eigenvalue weighted by molar-refractivity contribution is 5.97. The van der Waals surface area contributed by atoms with Crippen LogP contribution in [0.2, 0.25) is 0 Å². The third kappa shape index (κ3) is 5.46. The van der Waals surface area contributed by atoms with Crippen LogP contribution in [0.15, 0.2) is 42.5 Å². The molecule has 196 valence electrons. The van der Waals surface area contributed by atoms with Gasteiger partial charge in [-0.1, -0.05) is 24.3 Å². The van der Waals surface area contributed by atoms with E-state index < -0.39 is 6.10 Å². The standard InChI is InChI=1S/C27H33N3O4.2ClH/c31-21(15-29-8-7-19-3-1-2-4-20(19)14-29)16-30-9-10-33-25-11-22(5-6-24(25)26(30)32)34-23-12-27(13-23)17-28-18-27;;/h1-6,11,21,23,28,31H,7-10,12-18H2;2*1H. The summed E-state index contributed by atoms with van der Waals surface area (Å²) in [6, 6.07) is 14.0. The van der Waals surface area contributed by atoms with E-state index in [0.717, 1.165) is 51.2 Å². The second-order valence-electron chi connectivity index (χ2n) is 10.4. The predicted octanol–water partition coefficient (Wildman–Crippen LogP) is 2.91. The van der Waals surface area contributed by atoms with Gasteiger partial charge in [0.2, 0.25) is 0 Å². The number of ether oxygens (including phenoxy) is 2. The van der Waals surface area contributed by atoms with Gasteiger partial charge in [0, 0.05) is 50.7 Å². The lowest BCUT2D eigenvalue weighted by molar-refractivity contribution is -0.0495. The predicted molar refractivity (Wildman–Crippen MR) is 143 cm³/mol. The van der Waals surface area contributed by atoms with Crippen LogP contribution in [0.1, 0.15) is 34.3 Å². The van der Waals surface area contributed by atoms with Crippen LogP contribution in [0.25, 0.3) is 0 Å². The Morgan fingerprint density at radius 2 is 1.86 bits per heavy atom. The Hall–Kier alpha value is -2.03. The van der Waals surface area contributed by atoms with Gasteiger partial charge in [0.25, 0.3) is 5.91 Å². The molecule has 1 atom stereocenters. The third-order valence-electron chi connectivity index (χ3n) is 7.82. The number of rotatable bonds is 6. The number of nitrogens with one attached hydrogen (secondary N) is 1. The van der Waals surface area contributed by atoms with E-state index in [1.165, 1.54) is 11.1 Å². The second-order valence-corrected chi connectivity index (χ2v) is 10.4. The average molecular weight is 537 g/mol. The SMILES string of the molecule is Cl.Cl.O=C1c2ccc(OC3CC4(CNC4)C3)cc2OCCN1CC(O)CN1CCc2ccccc2C1. The number of amides is 1. The summed E-state index contributed by atoms with van der Waals surface area (Å²) in [5.74, 6) is 1.24. The fourth-order valence-corrected chi connectivity index (χ4v) is 5.85. The maximum absolute atomic E-state index is 13.2. The largest absolute Gasteiger partial charge is 0.491 e. The molecule has 1 saturated heterocycles. The number of nitrogens with zero attached hydrogens (tertiary/aromatic N) is 2. The first-order valence-corrected chi connectivity index (χ1v) is 12.5. The Bertz CT molecular complexity index is 1070. The molecule has 1 saturated carbocycles. The molecule has 2 aromatic rings. The van der Waals surface area contributed by atoms with Gasteiger partial charge < -0.3 is 24.8 Å². The molecular weight excluding hydrogens is 501 g/mol. The smallest absolute Gasteiger partial charge is 0.257 e. The van der Waals surface area contributed by atoms with E-state index in [4.69, 9.17) is 9.47 Å². The molecule has 3 heterocycles. The first-order valence-electron chi connectivity index (χ1n) is 12.5. The van der Waals surface area contributed by atoms with Gasteiger partial charge in [-0.3, -0.25) is 9.69 Å². The van der Waals surface area contributed by atoms with Crippen LogP contribution in [0.4, 0.5) is 0 Å². The summed E-state index contributed by atoms with van der Waals surface area (Å²) in [7, 11) is 0. The summed E-state index contributed by atoms with van der Waals surface area (Å²) in [6.45, 7) is 5.69. The summed E-state index contributed by atoms with van der Waals surface area (Å²) >= 11 is 0. The summed E-state index contributed by atoms with van der Waals surface area (Å²) in [4.78, 5) is 17.2. The molecule has 0 radical (unpaired) electrons. The molecule has 7 nitrogen and oxygen atoms in total. The normalized spacial score (nSPS) is 21.4. The summed E-state index contributed by atoms with van der Waals surface area (Å²) in [5.41, 5.74) is 3.72. The van der Waals surface area contributed by atoms with Crippen LogP contribution in [0, 0.1) is 5.41 Å². The van der Waals surface area contributed by atoms with Gasteiger partial charge in [-0.25, -0.2) is 0 Å². The Balaban J connectivity index is 0.00000152. The Morgan fingerprint density at radius 1 is 1.08 bits per heavy atom. The molecule has 6 rings (SSSR count). The highest BCUT2D eigenvalue weighted by Crippen LogP contribution is 2.46. The van der Waals surface area contributed by atoms with Crippen molar-refractivity contribution in [2.45, 2.75) is 38.0 Å². The third-order valence-corrected chi connectivity index (χ3v) is 7.82. The number of benzene rings is 2. The fraction of sp³-hybridized carbons (Fsp3) is 0.519. The maximum Gasteiger partial charge on any atom is 0.257 e. The number of hydrogen-bond acceptors (Lipinski definition) is 6. The fourth-order valence-electron chi connectivity index (χ4n) is 5.85. The summed E-state index contributed by atoms with van der Waals surface area (Å²) < 4.78 is 12.1. The Morgan fingerprint density at radius 3 is 2.61 bits per heavy atom. The van der Waals surface area contributed by atoms with Crippen LogP contribution in [0.5, 0.6) is 11.5 Å². The van der Waals surface area contributed by atoms with E-state index in [1.807, 2.05) is 12.1 Å². The van der Waals surface area contributed by atoms with Crippen LogP contribution >= 0.6 is 24.8 Å². The number of aliphatic hydroxyl groups excluding tert-OH is 1. The molecule has 1 unspecified atom stereocenters. The zero-order chi connectivity index (χ0) is 23.1. The molecule has 2 fully saturated rings. The highest BCUT2D eigenvalue weighted by atomic mass is 35.5. The average Bonchev–Trinajstić information content (AvgIpc) is 2.93. The monoisotopic (exact) mass is 535 g/mol. The van der Waals surface area contributed by atoms with E-state index >= 15 is 0 Å². The number of aliphatic hydroxyl groups is 1. The van der Waals surface area contributed by atoms with E-state index in [-0.39, 0.29) is 36.8 Å². The number of fused-ring (bicyclic) bond motifs is 2. The highest BCUT2D eigenvalue weighted by Gasteiger charge is 2.49. The minimum atomic E-state index is -0.606.